The molecule has 3 N–H and O–H groups in total. The number of halogens is 2. The van der Waals surface area contributed by atoms with Crippen LogP contribution >= 0.6 is 0 Å². The van der Waals surface area contributed by atoms with Crippen molar-refractivity contribution >= 4 is 11.4 Å². The number of hydrogen-bond donors (Lipinski definition) is 2. The van der Waals surface area contributed by atoms with Crippen molar-refractivity contribution in [1.29, 1.82) is 0 Å². The van der Waals surface area contributed by atoms with Crippen LogP contribution in [0.4, 0.5) is 20.2 Å². The Labute approximate surface area is 98.1 Å². The summed E-state index contributed by atoms with van der Waals surface area (Å²) in [6.45, 7) is 0.504. The molecule has 0 amide bonds. The first-order chi connectivity index (χ1) is 8.15. The second-order valence-electron chi connectivity index (χ2n) is 3.72. The third-order valence-corrected chi connectivity index (χ3v) is 2.41. The third kappa shape index (κ3) is 2.93. The molecule has 0 aliphatic carbocycles. The summed E-state index contributed by atoms with van der Waals surface area (Å²) in [6.07, 6.45) is 0. The van der Waals surface area contributed by atoms with Crippen LogP contribution in [0.25, 0.3) is 0 Å². The molecule has 0 atom stereocenters. The van der Waals surface area contributed by atoms with Crippen molar-refractivity contribution < 1.29 is 8.78 Å². The lowest BCUT2D eigenvalue weighted by molar-refractivity contribution is 0.627. The molecule has 0 bridgehead atoms. The van der Waals surface area contributed by atoms with E-state index in [1.165, 1.54) is 24.3 Å². The fourth-order valence-corrected chi connectivity index (χ4v) is 1.44. The lowest BCUT2D eigenvalue weighted by atomic mass is 10.2. The maximum absolute atomic E-state index is 13.1. The Balaban J connectivity index is 2.02. The van der Waals surface area contributed by atoms with E-state index in [-0.39, 0.29) is 11.5 Å². The second-order valence-corrected chi connectivity index (χ2v) is 3.72. The molecule has 0 radical (unpaired) electrons. The Bertz CT molecular complexity index is 509. The highest BCUT2D eigenvalue weighted by atomic mass is 19.1. The van der Waals surface area contributed by atoms with Gasteiger partial charge in [0.15, 0.2) is 0 Å². The van der Waals surface area contributed by atoms with Gasteiger partial charge in [-0.3, -0.25) is 0 Å². The first-order valence-corrected chi connectivity index (χ1v) is 5.18. The Hall–Kier alpha value is -2.10. The summed E-state index contributed by atoms with van der Waals surface area (Å²) in [5, 5.41) is 3.03. The highest BCUT2D eigenvalue weighted by molar-refractivity contribution is 5.52. The molecule has 0 spiro atoms. The minimum absolute atomic E-state index is 0.123. The number of nitrogen functional groups attached to an aromatic ring is 1. The molecular weight excluding hydrogens is 222 g/mol. The van der Waals surface area contributed by atoms with E-state index < -0.39 is 5.82 Å². The van der Waals surface area contributed by atoms with Crippen molar-refractivity contribution in [3.05, 3.63) is 59.7 Å². The zero-order valence-corrected chi connectivity index (χ0v) is 9.08. The van der Waals surface area contributed by atoms with E-state index in [1.807, 2.05) is 0 Å². The van der Waals surface area contributed by atoms with Gasteiger partial charge in [0.25, 0.3) is 0 Å². The van der Waals surface area contributed by atoms with Gasteiger partial charge in [0, 0.05) is 12.2 Å². The Kier molecular flexibility index (Phi) is 3.23. The summed E-state index contributed by atoms with van der Waals surface area (Å²) in [5.74, 6) is -0.721. The number of anilines is 2. The van der Waals surface area contributed by atoms with Crippen molar-refractivity contribution in [2.45, 2.75) is 6.54 Å². The number of benzene rings is 2. The van der Waals surface area contributed by atoms with Crippen LogP contribution in [0.2, 0.25) is 0 Å². The molecule has 88 valence electrons. The summed E-state index contributed by atoms with van der Waals surface area (Å²) in [4.78, 5) is 0. The van der Waals surface area contributed by atoms with Crippen LogP contribution in [0, 0.1) is 11.6 Å². The number of nitrogens with two attached hydrogens (primary N) is 1. The molecule has 0 saturated heterocycles. The molecule has 2 aromatic rings. The monoisotopic (exact) mass is 234 g/mol. The van der Waals surface area contributed by atoms with E-state index in [9.17, 15) is 8.78 Å². The Morgan fingerprint density at radius 1 is 1.00 bits per heavy atom. The van der Waals surface area contributed by atoms with Gasteiger partial charge in [0.05, 0.1) is 5.69 Å². The molecule has 0 fully saturated rings. The average molecular weight is 234 g/mol. The summed E-state index contributed by atoms with van der Waals surface area (Å²) < 4.78 is 25.8. The third-order valence-electron chi connectivity index (χ3n) is 2.41. The minimum Gasteiger partial charge on any atom is -0.396 e. The van der Waals surface area contributed by atoms with Gasteiger partial charge >= 0.3 is 0 Å². The van der Waals surface area contributed by atoms with Gasteiger partial charge in [-0.15, -0.1) is 0 Å². The van der Waals surface area contributed by atoms with Crippen LogP contribution in [-0.4, -0.2) is 0 Å². The van der Waals surface area contributed by atoms with Gasteiger partial charge in [-0.1, -0.05) is 12.1 Å². The Morgan fingerprint density at radius 3 is 2.35 bits per heavy atom. The highest BCUT2D eigenvalue weighted by Gasteiger charge is 2.00. The smallest absolute Gasteiger partial charge is 0.148 e. The van der Waals surface area contributed by atoms with Crippen LogP contribution in [-0.2, 0) is 6.54 Å². The fraction of sp³-hybridized carbons (Fsp3) is 0.0769. The van der Waals surface area contributed by atoms with Crippen molar-refractivity contribution in [3.63, 3.8) is 0 Å². The van der Waals surface area contributed by atoms with Crippen LogP contribution in [0.15, 0.2) is 42.5 Å². The molecular formula is C13H12F2N2. The summed E-state index contributed by atoms with van der Waals surface area (Å²) in [6, 6.07) is 10.7. The van der Waals surface area contributed by atoms with Crippen molar-refractivity contribution in [3.8, 4) is 0 Å². The van der Waals surface area contributed by atoms with E-state index in [1.54, 1.807) is 18.2 Å². The van der Waals surface area contributed by atoms with E-state index in [0.717, 1.165) is 5.56 Å². The van der Waals surface area contributed by atoms with Crippen molar-refractivity contribution in [2.75, 3.05) is 11.1 Å². The molecule has 0 heterocycles. The first-order valence-electron chi connectivity index (χ1n) is 5.18. The molecule has 2 rings (SSSR count). The standard InChI is InChI=1S/C13H12F2N2/c14-10-3-1-9(2-4-10)8-17-11-5-6-13(16)12(15)7-11/h1-7,17H,8,16H2. The first kappa shape index (κ1) is 11.4. The van der Waals surface area contributed by atoms with E-state index in [2.05, 4.69) is 5.32 Å². The van der Waals surface area contributed by atoms with Crippen LogP contribution in [0.1, 0.15) is 5.56 Å². The van der Waals surface area contributed by atoms with E-state index >= 15 is 0 Å². The predicted octanol–water partition coefficient (Wildman–Crippen LogP) is 3.16. The van der Waals surface area contributed by atoms with Gasteiger partial charge in [0.2, 0.25) is 0 Å². The number of hydrogen-bond acceptors (Lipinski definition) is 2. The average Bonchev–Trinajstić information content (AvgIpc) is 2.33. The summed E-state index contributed by atoms with van der Waals surface area (Å²) in [5.41, 5.74) is 7.05. The Morgan fingerprint density at radius 2 is 1.71 bits per heavy atom. The molecule has 17 heavy (non-hydrogen) atoms. The van der Waals surface area contributed by atoms with Crippen LogP contribution < -0.4 is 11.1 Å². The van der Waals surface area contributed by atoms with Gasteiger partial charge in [-0.25, -0.2) is 8.78 Å². The predicted molar refractivity (Wildman–Crippen MR) is 64.5 cm³/mol. The van der Waals surface area contributed by atoms with E-state index in [4.69, 9.17) is 5.73 Å². The second kappa shape index (κ2) is 4.82. The largest absolute Gasteiger partial charge is 0.396 e. The number of rotatable bonds is 3. The summed E-state index contributed by atoms with van der Waals surface area (Å²) in [7, 11) is 0. The van der Waals surface area contributed by atoms with Crippen molar-refractivity contribution in [2.24, 2.45) is 0 Å². The molecule has 0 aliphatic rings. The quantitative estimate of drug-likeness (QED) is 0.800. The van der Waals surface area contributed by atoms with Crippen molar-refractivity contribution in [1.82, 2.24) is 0 Å². The lowest BCUT2D eigenvalue weighted by Gasteiger charge is -2.07. The molecule has 2 nitrogen and oxygen atoms in total. The molecule has 0 aromatic heterocycles. The zero-order chi connectivity index (χ0) is 12.3. The summed E-state index contributed by atoms with van der Waals surface area (Å²) >= 11 is 0. The molecule has 0 aliphatic heterocycles. The maximum Gasteiger partial charge on any atom is 0.148 e. The SMILES string of the molecule is Nc1ccc(NCc2ccc(F)cc2)cc1F. The van der Waals surface area contributed by atoms with Gasteiger partial charge in [0.1, 0.15) is 11.6 Å². The van der Waals surface area contributed by atoms with E-state index in [0.29, 0.717) is 12.2 Å². The molecule has 0 saturated carbocycles. The normalized spacial score (nSPS) is 10.2. The number of nitrogens with one attached hydrogen (secondary N) is 1. The van der Waals surface area contributed by atoms with Gasteiger partial charge in [-0.2, -0.15) is 0 Å². The van der Waals surface area contributed by atoms with Gasteiger partial charge < -0.3 is 11.1 Å². The molecule has 4 heteroatoms. The maximum atomic E-state index is 13.1. The van der Waals surface area contributed by atoms with Crippen LogP contribution in [0.3, 0.4) is 0 Å². The lowest BCUT2D eigenvalue weighted by Crippen LogP contribution is -2.00. The highest BCUT2D eigenvalue weighted by Crippen LogP contribution is 2.16. The van der Waals surface area contributed by atoms with Crippen LogP contribution in [0.5, 0.6) is 0 Å². The molecule has 2 aromatic carbocycles. The zero-order valence-electron chi connectivity index (χ0n) is 9.08. The molecule has 0 unspecified atom stereocenters. The topological polar surface area (TPSA) is 38.0 Å². The fourth-order valence-electron chi connectivity index (χ4n) is 1.44. The minimum atomic E-state index is -0.450. The van der Waals surface area contributed by atoms with Gasteiger partial charge in [-0.05, 0) is 35.9 Å².